The van der Waals surface area contributed by atoms with Gasteiger partial charge in [-0.3, -0.25) is 4.79 Å². The molecule has 0 aliphatic carbocycles. The molecule has 1 unspecified atom stereocenters. The maximum atomic E-state index is 12.4. The quantitative estimate of drug-likeness (QED) is 0.864. The third kappa shape index (κ3) is 3.37. The summed E-state index contributed by atoms with van der Waals surface area (Å²) in [4.78, 5) is 10.5. The molecule has 0 spiro atoms. The van der Waals surface area contributed by atoms with Crippen LogP contribution in [0.15, 0.2) is 18.2 Å². The minimum atomic E-state index is -4.78. The fourth-order valence-corrected chi connectivity index (χ4v) is 1.42. The third-order valence-corrected chi connectivity index (χ3v) is 2.39. The van der Waals surface area contributed by atoms with Gasteiger partial charge in [0.1, 0.15) is 5.75 Å². The van der Waals surface area contributed by atoms with Gasteiger partial charge >= 0.3 is 12.1 Å². The molecule has 0 amide bonds. The van der Waals surface area contributed by atoms with Gasteiger partial charge in [-0.05, 0) is 30.5 Å². The van der Waals surface area contributed by atoms with E-state index in [0.717, 1.165) is 0 Å². The average Bonchev–Trinajstić information content (AvgIpc) is 2.17. The van der Waals surface area contributed by atoms with Crippen LogP contribution in [-0.4, -0.2) is 22.4 Å². The molecule has 94 valence electrons. The Bertz CT molecular complexity index is 426. The van der Waals surface area contributed by atoms with Crippen molar-refractivity contribution in [2.45, 2.75) is 19.5 Å². The lowest BCUT2D eigenvalue weighted by molar-refractivity contribution is -0.193. The molecule has 1 rings (SSSR count). The maximum absolute atomic E-state index is 12.4. The fourth-order valence-electron chi connectivity index (χ4n) is 1.42. The van der Waals surface area contributed by atoms with Crippen molar-refractivity contribution < 1.29 is 28.2 Å². The molecule has 0 saturated carbocycles. The van der Waals surface area contributed by atoms with E-state index >= 15 is 0 Å². The molecule has 0 heterocycles. The van der Waals surface area contributed by atoms with Gasteiger partial charge in [-0.1, -0.05) is 12.1 Å². The predicted octanol–water partition coefficient (Wildman–Crippen LogP) is 2.51. The minimum Gasteiger partial charge on any atom is -0.508 e. The number of carbonyl (C=O) groups is 1. The van der Waals surface area contributed by atoms with Crippen LogP contribution in [0.4, 0.5) is 13.2 Å². The Balaban J connectivity index is 2.95. The second kappa shape index (κ2) is 4.65. The Morgan fingerprint density at radius 2 is 2.00 bits per heavy atom. The van der Waals surface area contributed by atoms with Crippen molar-refractivity contribution in [2.24, 2.45) is 5.92 Å². The molecule has 1 atom stereocenters. The molecule has 6 heteroatoms. The molecule has 0 radical (unpaired) electrons. The lowest BCUT2D eigenvalue weighted by Gasteiger charge is -2.16. The van der Waals surface area contributed by atoms with E-state index in [-0.39, 0.29) is 11.3 Å². The summed E-state index contributed by atoms with van der Waals surface area (Å²) in [5, 5.41) is 17.7. The van der Waals surface area contributed by atoms with Crippen LogP contribution in [0.25, 0.3) is 0 Å². The van der Waals surface area contributed by atoms with Crippen molar-refractivity contribution in [2.75, 3.05) is 0 Å². The zero-order valence-electron chi connectivity index (χ0n) is 8.95. The topological polar surface area (TPSA) is 57.5 Å². The van der Waals surface area contributed by atoms with Gasteiger partial charge < -0.3 is 10.2 Å². The molecule has 0 aliphatic rings. The Hall–Kier alpha value is -1.72. The Labute approximate surface area is 95.5 Å². The van der Waals surface area contributed by atoms with Crippen LogP contribution in [0.2, 0.25) is 0 Å². The molecule has 0 aromatic heterocycles. The monoisotopic (exact) mass is 248 g/mol. The van der Waals surface area contributed by atoms with Crippen LogP contribution in [0.5, 0.6) is 5.75 Å². The summed E-state index contributed by atoms with van der Waals surface area (Å²) >= 11 is 0. The van der Waals surface area contributed by atoms with Crippen molar-refractivity contribution in [1.82, 2.24) is 0 Å². The van der Waals surface area contributed by atoms with Gasteiger partial charge in [0.25, 0.3) is 0 Å². The summed E-state index contributed by atoms with van der Waals surface area (Å²) in [7, 11) is 0. The van der Waals surface area contributed by atoms with Crippen molar-refractivity contribution in [3.05, 3.63) is 29.3 Å². The summed E-state index contributed by atoms with van der Waals surface area (Å²) < 4.78 is 37.2. The van der Waals surface area contributed by atoms with Gasteiger partial charge in [0.05, 0.1) is 0 Å². The summed E-state index contributed by atoms with van der Waals surface area (Å²) in [5.74, 6) is -4.36. The smallest absolute Gasteiger partial charge is 0.402 e. The molecule has 0 aliphatic heterocycles. The van der Waals surface area contributed by atoms with Crippen molar-refractivity contribution in [1.29, 1.82) is 0 Å². The molecule has 1 aromatic carbocycles. The third-order valence-electron chi connectivity index (χ3n) is 2.39. The number of hydrogen-bond donors (Lipinski definition) is 2. The van der Waals surface area contributed by atoms with Crippen molar-refractivity contribution in [3.63, 3.8) is 0 Å². The first-order chi connectivity index (χ1) is 7.71. The van der Waals surface area contributed by atoms with Crippen LogP contribution in [0, 0.1) is 12.8 Å². The number of hydrogen-bond acceptors (Lipinski definition) is 2. The molecule has 1 aromatic rings. The Morgan fingerprint density at radius 3 is 2.41 bits per heavy atom. The zero-order valence-corrected chi connectivity index (χ0v) is 8.95. The second-order valence-electron chi connectivity index (χ2n) is 3.76. The van der Waals surface area contributed by atoms with Crippen molar-refractivity contribution in [3.8, 4) is 5.75 Å². The molecule has 0 bridgehead atoms. The summed E-state index contributed by atoms with van der Waals surface area (Å²) in [6.45, 7) is 1.53. The SMILES string of the molecule is Cc1cc(CC(C(=O)O)C(F)(F)F)ccc1O. The summed E-state index contributed by atoms with van der Waals surface area (Å²) in [5.41, 5.74) is 0.638. The van der Waals surface area contributed by atoms with E-state index in [1.54, 1.807) is 0 Å². The van der Waals surface area contributed by atoms with Crippen LogP contribution < -0.4 is 0 Å². The van der Waals surface area contributed by atoms with Gasteiger partial charge in [0.2, 0.25) is 0 Å². The highest BCUT2D eigenvalue weighted by Gasteiger charge is 2.44. The average molecular weight is 248 g/mol. The standard InChI is InChI=1S/C11H11F3O3/c1-6-4-7(2-3-9(6)15)5-8(10(16)17)11(12,13)14/h2-4,8,15H,5H2,1H3,(H,16,17). The first kappa shape index (κ1) is 13.3. The van der Waals surface area contributed by atoms with Gasteiger partial charge in [0, 0.05) is 0 Å². The molecule has 17 heavy (non-hydrogen) atoms. The molecular formula is C11H11F3O3. The van der Waals surface area contributed by atoms with E-state index in [9.17, 15) is 23.1 Å². The largest absolute Gasteiger partial charge is 0.508 e. The molecule has 2 N–H and O–H groups in total. The van der Waals surface area contributed by atoms with Crippen LogP contribution >= 0.6 is 0 Å². The number of carboxylic acids is 1. The van der Waals surface area contributed by atoms with E-state index in [2.05, 4.69) is 0 Å². The molecule has 0 fully saturated rings. The lowest BCUT2D eigenvalue weighted by Crippen LogP contribution is -2.32. The molecule has 3 nitrogen and oxygen atoms in total. The molecule has 0 saturated heterocycles. The van der Waals surface area contributed by atoms with Crippen LogP contribution in [0.3, 0.4) is 0 Å². The van der Waals surface area contributed by atoms with E-state index < -0.39 is 24.5 Å². The lowest BCUT2D eigenvalue weighted by atomic mass is 9.97. The highest BCUT2D eigenvalue weighted by molar-refractivity contribution is 5.71. The minimum absolute atomic E-state index is 0.0346. The highest BCUT2D eigenvalue weighted by Crippen LogP contribution is 2.30. The van der Waals surface area contributed by atoms with Crippen molar-refractivity contribution >= 4 is 5.97 Å². The number of alkyl halides is 3. The van der Waals surface area contributed by atoms with E-state index in [1.165, 1.54) is 25.1 Å². The summed E-state index contributed by atoms with van der Waals surface area (Å²) in [6, 6.07) is 3.88. The number of aryl methyl sites for hydroxylation is 1. The number of phenols is 1. The Morgan fingerprint density at radius 1 is 1.41 bits per heavy atom. The van der Waals surface area contributed by atoms with E-state index in [0.29, 0.717) is 5.56 Å². The number of phenolic OH excluding ortho intramolecular Hbond substituents is 1. The molecular weight excluding hydrogens is 237 g/mol. The van der Waals surface area contributed by atoms with Crippen LogP contribution in [-0.2, 0) is 11.2 Å². The normalized spacial score (nSPS) is 13.4. The number of halogens is 3. The van der Waals surface area contributed by atoms with Gasteiger partial charge in [0.15, 0.2) is 5.92 Å². The van der Waals surface area contributed by atoms with E-state index in [1.807, 2.05) is 0 Å². The highest BCUT2D eigenvalue weighted by atomic mass is 19.4. The Kier molecular flexibility index (Phi) is 3.65. The van der Waals surface area contributed by atoms with Gasteiger partial charge in [-0.2, -0.15) is 13.2 Å². The van der Waals surface area contributed by atoms with E-state index in [4.69, 9.17) is 5.11 Å². The maximum Gasteiger partial charge on any atom is 0.402 e. The van der Waals surface area contributed by atoms with Gasteiger partial charge in [-0.25, -0.2) is 0 Å². The second-order valence-corrected chi connectivity index (χ2v) is 3.76. The zero-order chi connectivity index (χ0) is 13.2. The number of aromatic hydroxyl groups is 1. The predicted molar refractivity (Wildman–Crippen MR) is 53.7 cm³/mol. The van der Waals surface area contributed by atoms with Crippen LogP contribution in [0.1, 0.15) is 11.1 Å². The first-order valence-electron chi connectivity index (χ1n) is 4.80. The fraction of sp³-hybridized carbons (Fsp3) is 0.364. The summed E-state index contributed by atoms with van der Waals surface area (Å²) in [6.07, 6.45) is -5.42. The number of carboxylic acid groups (broad SMARTS) is 1. The number of benzene rings is 1. The number of aliphatic carboxylic acids is 1. The first-order valence-corrected chi connectivity index (χ1v) is 4.80. The van der Waals surface area contributed by atoms with Gasteiger partial charge in [-0.15, -0.1) is 0 Å². The number of rotatable bonds is 3.